The van der Waals surface area contributed by atoms with Gasteiger partial charge in [-0.1, -0.05) is 0 Å². The normalized spacial score (nSPS) is 28.5. The molecule has 0 aromatic rings. The molecule has 1 aliphatic heterocycles. The van der Waals surface area contributed by atoms with Gasteiger partial charge in [-0.2, -0.15) is 0 Å². The zero-order chi connectivity index (χ0) is 9.84. The number of carbonyl (C=O) groups is 1. The molecule has 0 spiro atoms. The second kappa shape index (κ2) is 4.58. The van der Waals surface area contributed by atoms with E-state index in [-0.39, 0.29) is 18.1 Å². The number of nitrogens with one attached hydrogen (secondary N) is 1. The first-order valence-corrected chi connectivity index (χ1v) is 4.81. The lowest BCUT2D eigenvalue weighted by molar-refractivity contribution is -0.130. The van der Waals surface area contributed by atoms with E-state index in [4.69, 9.17) is 4.74 Å². The number of nitrogens with zero attached hydrogens (tertiary/aromatic N) is 1. The van der Waals surface area contributed by atoms with E-state index in [9.17, 15) is 4.79 Å². The van der Waals surface area contributed by atoms with E-state index in [1.807, 2.05) is 25.7 Å². The van der Waals surface area contributed by atoms with Crippen LogP contribution in [-0.4, -0.2) is 42.8 Å². The van der Waals surface area contributed by atoms with Gasteiger partial charge in [0.2, 0.25) is 5.91 Å². The summed E-state index contributed by atoms with van der Waals surface area (Å²) in [6.45, 7) is 7.86. The van der Waals surface area contributed by atoms with E-state index in [0.717, 1.165) is 0 Å². The van der Waals surface area contributed by atoms with E-state index < -0.39 is 0 Å². The van der Waals surface area contributed by atoms with Crippen LogP contribution in [0, 0.1) is 0 Å². The van der Waals surface area contributed by atoms with Crippen molar-refractivity contribution in [1.29, 1.82) is 0 Å². The van der Waals surface area contributed by atoms with Crippen LogP contribution in [0.3, 0.4) is 0 Å². The Hall–Kier alpha value is -0.610. The van der Waals surface area contributed by atoms with Gasteiger partial charge in [-0.25, -0.2) is 0 Å². The summed E-state index contributed by atoms with van der Waals surface area (Å²) < 4.78 is 5.21. The molecule has 2 unspecified atom stereocenters. The molecule has 0 radical (unpaired) electrons. The van der Waals surface area contributed by atoms with E-state index >= 15 is 0 Å². The highest BCUT2D eigenvalue weighted by Crippen LogP contribution is 2.08. The third kappa shape index (κ3) is 2.42. The molecule has 0 saturated carbocycles. The van der Waals surface area contributed by atoms with E-state index in [0.29, 0.717) is 19.8 Å². The van der Waals surface area contributed by atoms with Gasteiger partial charge < -0.3 is 9.64 Å². The second-order valence-electron chi connectivity index (χ2n) is 3.29. The van der Waals surface area contributed by atoms with Gasteiger partial charge in [0.15, 0.2) is 0 Å². The summed E-state index contributed by atoms with van der Waals surface area (Å²) in [7, 11) is 0. The Labute approximate surface area is 79.2 Å². The van der Waals surface area contributed by atoms with E-state index in [1.165, 1.54) is 0 Å². The maximum atomic E-state index is 11.5. The molecule has 1 heterocycles. The first-order valence-electron chi connectivity index (χ1n) is 4.81. The minimum Gasteiger partial charge on any atom is -0.380 e. The van der Waals surface area contributed by atoms with Crippen molar-refractivity contribution in [3.63, 3.8) is 0 Å². The molecule has 1 rings (SSSR count). The smallest absolute Gasteiger partial charge is 0.240 e. The average Bonchev–Trinajstić information content (AvgIpc) is 2.32. The summed E-state index contributed by atoms with van der Waals surface area (Å²) in [5.74, 6) is 0.173. The maximum absolute atomic E-state index is 11.5. The summed E-state index contributed by atoms with van der Waals surface area (Å²) >= 11 is 0. The molecule has 0 aromatic heterocycles. The topological polar surface area (TPSA) is 41.6 Å². The Kier molecular flexibility index (Phi) is 3.69. The molecule has 1 N–H and O–H groups in total. The summed E-state index contributed by atoms with van der Waals surface area (Å²) in [6, 6.07) is -0.0448. The van der Waals surface area contributed by atoms with Crippen LogP contribution in [0.15, 0.2) is 0 Å². The van der Waals surface area contributed by atoms with Crippen LogP contribution in [0.5, 0.6) is 0 Å². The van der Waals surface area contributed by atoms with Crippen molar-refractivity contribution in [1.82, 2.24) is 10.2 Å². The van der Waals surface area contributed by atoms with Crippen molar-refractivity contribution in [2.45, 2.75) is 33.0 Å². The van der Waals surface area contributed by atoms with Crippen molar-refractivity contribution in [2.75, 3.05) is 19.8 Å². The van der Waals surface area contributed by atoms with Gasteiger partial charge in [-0.15, -0.1) is 0 Å². The van der Waals surface area contributed by atoms with Crippen LogP contribution in [0.1, 0.15) is 20.8 Å². The average molecular weight is 186 g/mol. The van der Waals surface area contributed by atoms with Crippen LogP contribution < -0.4 is 5.32 Å². The quantitative estimate of drug-likeness (QED) is 0.637. The number of ether oxygens (including phenoxy) is 1. The molecule has 0 aromatic carbocycles. The fraction of sp³-hybridized carbons (Fsp3) is 0.889. The van der Waals surface area contributed by atoms with Gasteiger partial charge in [0, 0.05) is 13.2 Å². The van der Waals surface area contributed by atoms with Gasteiger partial charge in [0.05, 0.1) is 18.8 Å². The van der Waals surface area contributed by atoms with Crippen molar-refractivity contribution in [2.24, 2.45) is 0 Å². The maximum Gasteiger partial charge on any atom is 0.240 e. The minimum atomic E-state index is -0.0448. The standard InChI is InChI=1S/C9H18N2O2/c1-4-13-6-5-11-8(3)10-7(2)9(11)12/h7-8,10H,4-6H2,1-3H3. The molecule has 4 heteroatoms. The molecule has 1 aliphatic rings. The fourth-order valence-electron chi connectivity index (χ4n) is 1.57. The van der Waals surface area contributed by atoms with Gasteiger partial charge >= 0.3 is 0 Å². The molecule has 76 valence electrons. The lowest BCUT2D eigenvalue weighted by Gasteiger charge is -2.20. The number of amides is 1. The highest BCUT2D eigenvalue weighted by atomic mass is 16.5. The van der Waals surface area contributed by atoms with Crippen LogP contribution in [0.25, 0.3) is 0 Å². The molecular weight excluding hydrogens is 168 g/mol. The monoisotopic (exact) mass is 186 g/mol. The van der Waals surface area contributed by atoms with Gasteiger partial charge in [-0.05, 0) is 20.8 Å². The Bertz CT molecular complexity index is 184. The number of hydrogen-bond acceptors (Lipinski definition) is 3. The molecule has 4 nitrogen and oxygen atoms in total. The Balaban J connectivity index is 2.35. The summed E-state index contributed by atoms with van der Waals surface area (Å²) in [5.41, 5.74) is 0. The molecule has 1 amide bonds. The Morgan fingerprint density at radius 2 is 2.23 bits per heavy atom. The zero-order valence-corrected chi connectivity index (χ0v) is 8.54. The second-order valence-corrected chi connectivity index (χ2v) is 3.29. The van der Waals surface area contributed by atoms with Gasteiger partial charge in [-0.3, -0.25) is 10.1 Å². The lowest BCUT2D eigenvalue weighted by atomic mass is 10.3. The third-order valence-electron chi connectivity index (χ3n) is 2.29. The lowest BCUT2D eigenvalue weighted by Crippen LogP contribution is -2.37. The first-order chi connectivity index (χ1) is 6.16. The predicted molar refractivity (Wildman–Crippen MR) is 50.3 cm³/mol. The number of rotatable bonds is 4. The predicted octanol–water partition coefficient (Wildman–Crippen LogP) is 0.189. The van der Waals surface area contributed by atoms with Crippen LogP contribution >= 0.6 is 0 Å². The van der Waals surface area contributed by atoms with Crippen LogP contribution in [0.2, 0.25) is 0 Å². The molecular formula is C9H18N2O2. The highest BCUT2D eigenvalue weighted by molar-refractivity contribution is 5.83. The van der Waals surface area contributed by atoms with Crippen molar-refractivity contribution in [3.05, 3.63) is 0 Å². The molecule has 1 fully saturated rings. The highest BCUT2D eigenvalue weighted by Gasteiger charge is 2.32. The summed E-state index contributed by atoms with van der Waals surface area (Å²) in [4.78, 5) is 13.3. The largest absolute Gasteiger partial charge is 0.380 e. The first kappa shape index (κ1) is 10.5. The van der Waals surface area contributed by atoms with Gasteiger partial charge in [0.1, 0.15) is 0 Å². The van der Waals surface area contributed by atoms with Crippen LogP contribution in [-0.2, 0) is 9.53 Å². The SMILES string of the molecule is CCOCCN1C(=O)C(C)NC1C. The zero-order valence-electron chi connectivity index (χ0n) is 8.54. The van der Waals surface area contributed by atoms with Crippen LogP contribution in [0.4, 0.5) is 0 Å². The molecule has 2 atom stereocenters. The van der Waals surface area contributed by atoms with E-state index in [1.54, 1.807) is 0 Å². The van der Waals surface area contributed by atoms with E-state index in [2.05, 4.69) is 5.32 Å². The van der Waals surface area contributed by atoms with Crippen molar-refractivity contribution < 1.29 is 9.53 Å². The van der Waals surface area contributed by atoms with Crippen molar-refractivity contribution >= 4 is 5.91 Å². The summed E-state index contributed by atoms with van der Waals surface area (Å²) in [5, 5.41) is 3.16. The molecule has 1 saturated heterocycles. The third-order valence-corrected chi connectivity index (χ3v) is 2.29. The molecule has 13 heavy (non-hydrogen) atoms. The molecule has 0 aliphatic carbocycles. The molecule has 0 bridgehead atoms. The number of carbonyl (C=O) groups excluding carboxylic acids is 1. The Morgan fingerprint density at radius 3 is 2.69 bits per heavy atom. The minimum absolute atomic E-state index is 0.0448. The fourth-order valence-corrected chi connectivity index (χ4v) is 1.57. The van der Waals surface area contributed by atoms with Gasteiger partial charge in [0.25, 0.3) is 0 Å². The Morgan fingerprint density at radius 1 is 1.54 bits per heavy atom. The van der Waals surface area contributed by atoms with Crippen molar-refractivity contribution in [3.8, 4) is 0 Å². The number of hydrogen-bond donors (Lipinski definition) is 1. The summed E-state index contributed by atoms with van der Waals surface area (Å²) in [6.07, 6.45) is 0.142.